The Bertz CT molecular complexity index is 731. The third-order valence-corrected chi connectivity index (χ3v) is 3.92. The van der Waals surface area contributed by atoms with Gasteiger partial charge in [0.15, 0.2) is 0 Å². The van der Waals surface area contributed by atoms with Crippen molar-refractivity contribution in [2.45, 2.75) is 13.8 Å². The molecule has 0 aliphatic heterocycles. The topological polar surface area (TPSA) is 51.8 Å². The van der Waals surface area contributed by atoms with Gasteiger partial charge in [-0.05, 0) is 44.2 Å². The van der Waals surface area contributed by atoms with Crippen LogP contribution in [0.1, 0.15) is 11.4 Å². The highest BCUT2D eigenvalue weighted by atomic mass is 32.1. The molecule has 90 valence electrons. The Hall–Kier alpha value is -1.94. The first-order chi connectivity index (χ1) is 8.63. The minimum Gasteiger partial charge on any atom is -0.399 e. The van der Waals surface area contributed by atoms with E-state index in [4.69, 9.17) is 5.73 Å². The number of rotatable bonds is 1. The summed E-state index contributed by atoms with van der Waals surface area (Å²) in [6.45, 7) is 4.01. The summed E-state index contributed by atoms with van der Waals surface area (Å²) in [5.74, 6) is 0. The molecule has 2 heterocycles. The molecule has 4 heteroatoms. The fourth-order valence-electron chi connectivity index (χ4n) is 1.97. The van der Waals surface area contributed by atoms with Crippen molar-refractivity contribution in [2.75, 3.05) is 5.73 Å². The third kappa shape index (κ3) is 1.84. The highest BCUT2D eigenvalue weighted by Gasteiger charge is 2.09. The van der Waals surface area contributed by atoms with Gasteiger partial charge in [0, 0.05) is 22.6 Å². The van der Waals surface area contributed by atoms with Crippen LogP contribution in [-0.2, 0) is 0 Å². The number of nitrogen functional groups attached to an aromatic ring is 1. The second-order valence-electron chi connectivity index (χ2n) is 4.33. The molecule has 0 aliphatic rings. The van der Waals surface area contributed by atoms with Crippen LogP contribution in [0.3, 0.4) is 0 Å². The van der Waals surface area contributed by atoms with Gasteiger partial charge in [-0.2, -0.15) is 0 Å². The van der Waals surface area contributed by atoms with Crippen LogP contribution in [0.2, 0.25) is 0 Å². The van der Waals surface area contributed by atoms with Gasteiger partial charge in [0.1, 0.15) is 5.01 Å². The molecule has 0 atom stereocenters. The first-order valence-corrected chi connectivity index (χ1v) is 6.56. The largest absolute Gasteiger partial charge is 0.399 e. The van der Waals surface area contributed by atoms with E-state index < -0.39 is 0 Å². The van der Waals surface area contributed by atoms with Crippen LogP contribution in [0, 0.1) is 13.8 Å². The van der Waals surface area contributed by atoms with E-state index >= 15 is 0 Å². The van der Waals surface area contributed by atoms with Crippen molar-refractivity contribution in [3.05, 3.63) is 41.7 Å². The van der Waals surface area contributed by atoms with E-state index in [2.05, 4.69) is 16.0 Å². The van der Waals surface area contributed by atoms with E-state index in [9.17, 15) is 0 Å². The van der Waals surface area contributed by atoms with E-state index in [1.807, 2.05) is 38.1 Å². The summed E-state index contributed by atoms with van der Waals surface area (Å²) in [6, 6.07) is 9.91. The molecular weight excluding hydrogens is 242 g/mol. The number of aromatic nitrogens is 2. The quantitative estimate of drug-likeness (QED) is 0.676. The van der Waals surface area contributed by atoms with Crippen LogP contribution < -0.4 is 5.73 Å². The SMILES string of the molecule is Cc1ccc(-c2nc3ccc(N)cc3s2)c(C)n1. The molecule has 0 saturated heterocycles. The minimum atomic E-state index is 0.774. The number of nitrogens with two attached hydrogens (primary N) is 1. The predicted octanol–water partition coefficient (Wildman–Crippen LogP) is 3.56. The van der Waals surface area contributed by atoms with E-state index in [0.29, 0.717) is 0 Å². The van der Waals surface area contributed by atoms with Crippen molar-refractivity contribution in [1.82, 2.24) is 9.97 Å². The lowest BCUT2D eigenvalue weighted by Gasteiger charge is -2.01. The normalized spacial score (nSPS) is 11.0. The molecule has 0 fully saturated rings. The monoisotopic (exact) mass is 255 g/mol. The Kier molecular flexibility index (Phi) is 2.52. The molecule has 0 unspecified atom stereocenters. The maximum absolute atomic E-state index is 5.79. The van der Waals surface area contributed by atoms with Gasteiger partial charge in [0.25, 0.3) is 0 Å². The number of fused-ring (bicyclic) bond motifs is 1. The molecule has 1 aromatic carbocycles. The molecule has 0 amide bonds. The van der Waals surface area contributed by atoms with Crippen molar-refractivity contribution in [3.63, 3.8) is 0 Å². The van der Waals surface area contributed by atoms with E-state index in [0.717, 1.165) is 37.9 Å². The van der Waals surface area contributed by atoms with Gasteiger partial charge >= 0.3 is 0 Å². The zero-order valence-corrected chi connectivity index (χ0v) is 11.1. The van der Waals surface area contributed by atoms with Crippen LogP contribution in [0.5, 0.6) is 0 Å². The average molecular weight is 255 g/mol. The van der Waals surface area contributed by atoms with E-state index in [-0.39, 0.29) is 0 Å². The van der Waals surface area contributed by atoms with Crippen LogP contribution >= 0.6 is 11.3 Å². The van der Waals surface area contributed by atoms with Gasteiger partial charge < -0.3 is 5.73 Å². The maximum Gasteiger partial charge on any atom is 0.126 e. The van der Waals surface area contributed by atoms with Gasteiger partial charge in [-0.15, -0.1) is 11.3 Å². The number of nitrogens with zero attached hydrogens (tertiary/aromatic N) is 2. The van der Waals surface area contributed by atoms with Gasteiger partial charge in [-0.3, -0.25) is 4.98 Å². The second-order valence-corrected chi connectivity index (χ2v) is 5.36. The number of benzene rings is 1. The second kappa shape index (κ2) is 4.07. The summed E-state index contributed by atoms with van der Waals surface area (Å²) >= 11 is 1.65. The van der Waals surface area contributed by atoms with Crippen molar-refractivity contribution >= 4 is 27.2 Å². The lowest BCUT2D eigenvalue weighted by Crippen LogP contribution is -1.89. The molecule has 0 bridgehead atoms. The number of pyridine rings is 1. The summed E-state index contributed by atoms with van der Waals surface area (Å²) in [5, 5.41) is 1.00. The fourth-order valence-corrected chi connectivity index (χ4v) is 3.06. The first kappa shape index (κ1) is 11.2. The molecule has 18 heavy (non-hydrogen) atoms. The number of hydrogen-bond acceptors (Lipinski definition) is 4. The lowest BCUT2D eigenvalue weighted by atomic mass is 10.2. The fraction of sp³-hybridized carbons (Fsp3) is 0.143. The van der Waals surface area contributed by atoms with Crippen molar-refractivity contribution in [1.29, 1.82) is 0 Å². The minimum absolute atomic E-state index is 0.774. The molecule has 3 nitrogen and oxygen atoms in total. The van der Waals surface area contributed by atoms with Gasteiger partial charge in [-0.1, -0.05) is 0 Å². The molecule has 0 aliphatic carbocycles. The standard InChI is InChI=1S/C14H13N3S/c1-8-3-5-11(9(2)16-8)14-17-12-6-4-10(15)7-13(12)18-14/h3-7H,15H2,1-2H3. The van der Waals surface area contributed by atoms with Gasteiger partial charge in [0.2, 0.25) is 0 Å². The van der Waals surface area contributed by atoms with E-state index in [1.54, 1.807) is 11.3 Å². The average Bonchev–Trinajstić information content (AvgIpc) is 2.71. The maximum atomic E-state index is 5.79. The highest BCUT2D eigenvalue weighted by Crippen LogP contribution is 2.32. The lowest BCUT2D eigenvalue weighted by molar-refractivity contribution is 1.12. The number of aryl methyl sites for hydroxylation is 2. The van der Waals surface area contributed by atoms with Crippen molar-refractivity contribution in [2.24, 2.45) is 0 Å². The molecule has 3 rings (SSSR count). The summed E-state index contributed by atoms with van der Waals surface area (Å²) in [5.41, 5.74) is 10.7. The zero-order chi connectivity index (χ0) is 12.7. The molecule has 3 aromatic rings. The Labute approximate surface area is 109 Å². The molecule has 2 N–H and O–H groups in total. The summed E-state index contributed by atoms with van der Waals surface area (Å²) in [6.07, 6.45) is 0. The van der Waals surface area contributed by atoms with Crippen LogP contribution in [0.4, 0.5) is 5.69 Å². The number of thiazole rings is 1. The summed E-state index contributed by atoms with van der Waals surface area (Å²) in [7, 11) is 0. The molecule has 0 radical (unpaired) electrons. The molecule has 2 aromatic heterocycles. The zero-order valence-electron chi connectivity index (χ0n) is 10.3. The van der Waals surface area contributed by atoms with Crippen LogP contribution in [0.25, 0.3) is 20.8 Å². The molecule has 0 spiro atoms. The third-order valence-electron chi connectivity index (χ3n) is 2.87. The Morgan fingerprint density at radius 1 is 1.06 bits per heavy atom. The summed E-state index contributed by atoms with van der Waals surface area (Å²) in [4.78, 5) is 9.12. The predicted molar refractivity (Wildman–Crippen MR) is 76.7 cm³/mol. The smallest absolute Gasteiger partial charge is 0.126 e. The Morgan fingerprint density at radius 3 is 2.67 bits per heavy atom. The van der Waals surface area contributed by atoms with E-state index in [1.165, 1.54) is 0 Å². The molecular formula is C14H13N3S. The van der Waals surface area contributed by atoms with Gasteiger partial charge in [0.05, 0.1) is 10.2 Å². The van der Waals surface area contributed by atoms with Gasteiger partial charge in [-0.25, -0.2) is 4.98 Å². The summed E-state index contributed by atoms with van der Waals surface area (Å²) < 4.78 is 1.12. The van der Waals surface area contributed by atoms with Crippen LogP contribution in [0.15, 0.2) is 30.3 Å². The van der Waals surface area contributed by atoms with Crippen LogP contribution in [-0.4, -0.2) is 9.97 Å². The highest BCUT2D eigenvalue weighted by molar-refractivity contribution is 7.21. The Morgan fingerprint density at radius 2 is 1.89 bits per heavy atom. The molecule has 0 saturated carbocycles. The van der Waals surface area contributed by atoms with Crippen molar-refractivity contribution in [3.8, 4) is 10.6 Å². The van der Waals surface area contributed by atoms with Crippen molar-refractivity contribution < 1.29 is 0 Å². The number of anilines is 1. The Balaban J connectivity index is 2.19. The first-order valence-electron chi connectivity index (χ1n) is 5.74. The number of hydrogen-bond donors (Lipinski definition) is 1.